The van der Waals surface area contributed by atoms with E-state index in [1.807, 2.05) is 24.1 Å². The number of aromatic nitrogens is 1. The third kappa shape index (κ3) is 2.23. The SMILES string of the molecule is CCOC(=O)N1CC2C=C(c3cccnc3)C1CC2. The average molecular weight is 258 g/mol. The van der Waals surface area contributed by atoms with Gasteiger partial charge in [0.1, 0.15) is 0 Å². The van der Waals surface area contributed by atoms with E-state index < -0.39 is 0 Å². The maximum Gasteiger partial charge on any atom is 0.410 e. The van der Waals surface area contributed by atoms with Crippen molar-refractivity contribution in [1.29, 1.82) is 0 Å². The summed E-state index contributed by atoms with van der Waals surface area (Å²) >= 11 is 0. The molecule has 2 aliphatic heterocycles. The second-order valence-electron chi connectivity index (χ2n) is 5.07. The summed E-state index contributed by atoms with van der Waals surface area (Å²) in [7, 11) is 0. The molecule has 4 nitrogen and oxygen atoms in total. The van der Waals surface area contributed by atoms with Crippen LogP contribution in [0.2, 0.25) is 0 Å². The first-order valence-electron chi connectivity index (χ1n) is 6.85. The summed E-state index contributed by atoms with van der Waals surface area (Å²) in [6.07, 6.45) is 7.94. The van der Waals surface area contributed by atoms with Gasteiger partial charge >= 0.3 is 6.09 Å². The molecular weight excluding hydrogens is 240 g/mol. The highest BCUT2D eigenvalue weighted by atomic mass is 16.6. The van der Waals surface area contributed by atoms with Crippen molar-refractivity contribution in [2.24, 2.45) is 5.92 Å². The van der Waals surface area contributed by atoms with Crippen LogP contribution in [-0.4, -0.2) is 35.2 Å². The zero-order valence-electron chi connectivity index (χ0n) is 11.1. The summed E-state index contributed by atoms with van der Waals surface area (Å²) in [5.74, 6) is 0.449. The molecule has 1 aliphatic carbocycles. The fraction of sp³-hybridized carbons (Fsp3) is 0.467. The monoisotopic (exact) mass is 258 g/mol. The topological polar surface area (TPSA) is 42.4 Å². The van der Waals surface area contributed by atoms with Crippen LogP contribution < -0.4 is 0 Å². The zero-order chi connectivity index (χ0) is 13.2. The molecule has 0 N–H and O–H groups in total. The molecule has 2 atom stereocenters. The Bertz CT molecular complexity index is 498. The summed E-state index contributed by atoms with van der Waals surface area (Å²) < 4.78 is 5.16. The number of amides is 1. The van der Waals surface area contributed by atoms with Gasteiger partial charge in [0, 0.05) is 18.9 Å². The van der Waals surface area contributed by atoms with Crippen molar-refractivity contribution in [3.8, 4) is 0 Å². The van der Waals surface area contributed by atoms with Crippen molar-refractivity contribution in [3.63, 3.8) is 0 Å². The normalized spacial score (nSPS) is 25.1. The molecular formula is C15H18N2O2. The van der Waals surface area contributed by atoms with E-state index in [4.69, 9.17) is 4.74 Å². The van der Waals surface area contributed by atoms with Crippen LogP contribution in [0.4, 0.5) is 4.79 Å². The first-order chi connectivity index (χ1) is 9.29. The average Bonchev–Trinajstić information content (AvgIpc) is 2.49. The van der Waals surface area contributed by atoms with Gasteiger partial charge in [-0.3, -0.25) is 4.98 Å². The molecule has 0 radical (unpaired) electrons. The first-order valence-corrected chi connectivity index (χ1v) is 6.85. The molecule has 100 valence electrons. The highest BCUT2D eigenvalue weighted by Crippen LogP contribution is 2.39. The first kappa shape index (κ1) is 12.2. The number of rotatable bonds is 2. The van der Waals surface area contributed by atoms with Crippen LogP contribution in [0.25, 0.3) is 5.57 Å². The third-order valence-electron chi connectivity index (χ3n) is 3.89. The van der Waals surface area contributed by atoms with Gasteiger partial charge in [0.25, 0.3) is 0 Å². The molecule has 4 rings (SSSR count). The summed E-state index contributed by atoms with van der Waals surface area (Å²) in [6, 6.07) is 4.14. The van der Waals surface area contributed by atoms with E-state index in [-0.39, 0.29) is 12.1 Å². The summed E-state index contributed by atoms with van der Waals surface area (Å²) in [5.41, 5.74) is 2.34. The number of hydrogen-bond donors (Lipinski definition) is 0. The molecule has 1 saturated heterocycles. The molecule has 19 heavy (non-hydrogen) atoms. The van der Waals surface area contributed by atoms with Gasteiger partial charge in [-0.15, -0.1) is 0 Å². The van der Waals surface area contributed by atoms with Crippen LogP contribution in [0, 0.1) is 5.92 Å². The van der Waals surface area contributed by atoms with Crippen molar-refractivity contribution >= 4 is 11.7 Å². The zero-order valence-corrected chi connectivity index (χ0v) is 11.1. The molecule has 1 aromatic rings. The Morgan fingerprint density at radius 3 is 3.11 bits per heavy atom. The van der Waals surface area contributed by atoms with Crippen LogP contribution in [0.3, 0.4) is 0 Å². The number of carbonyl (C=O) groups is 1. The molecule has 3 heterocycles. The van der Waals surface area contributed by atoms with Gasteiger partial charge < -0.3 is 9.64 Å². The number of ether oxygens (including phenoxy) is 1. The summed E-state index contributed by atoms with van der Waals surface area (Å²) in [5, 5.41) is 0. The van der Waals surface area contributed by atoms with Crippen LogP contribution in [0.5, 0.6) is 0 Å². The van der Waals surface area contributed by atoms with Gasteiger partial charge in [-0.2, -0.15) is 0 Å². The largest absolute Gasteiger partial charge is 0.450 e. The Kier molecular flexibility index (Phi) is 3.23. The van der Waals surface area contributed by atoms with E-state index in [2.05, 4.69) is 17.1 Å². The van der Waals surface area contributed by atoms with E-state index in [0.29, 0.717) is 12.5 Å². The Hall–Kier alpha value is -1.84. The number of piperidine rings is 1. The van der Waals surface area contributed by atoms with Crippen molar-refractivity contribution in [3.05, 3.63) is 36.2 Å². The fourth-order valence-corrected chi connectivity index (χ4v) is 3.05. The number of hydrogen-bond acceptors (Lipinski definition) is 3. The fourth-order valence-electron chi connectivity index (χ4n) is 3.05. The minimum Gasteiger partial charge on any atom is -0.450 e. The van der Waals surface area contributed by atoms with Gasteiger partial charge in [0.05, 0.1) is 12.6 Å². The van der Waals surface area contributed by atoms with E-state index in [9.17, 15) is 4.79 Å². The molecule has 2 bridgehead atoms. The van der Waals surface area contributed by atoms with Gasteiger partial charge in [0.2, 0.25) is 0 Å². The van der Waals surface area contributed by atoms with Gasteiger partial charge in [0.15, 0.2) is 0 Å². The van der Waals surface area contributed by atoms with Gasteiger partial charge in [-0.25, -0.2) is 4.79 Å². The predicted molar refractivity (Wildman–Crippen MR) is 72.5 cm³/mol. The minimum absolute atomic E-state index is 0.147. The number of nitrogens with zero attached hydrogens (tertiary/aromatic N) is 2. The smallest absolute Gasteiger partial charge is 0.410 e. The molecule has 1 amide bonds. The Balaban J connectivity index is 1.89. The molecule has 3 aliphatic rings. The minimum atomic E-state index is -0.188. The van der Waals surface area contributed by atoms with Crippen LogP contribution >= 0.6 is 0 Å². The van der Waals surface area contributed by atoms with Gasteiger partial charge in [-0.05, 0) is 42.9 Å². The van der Waals surface area contributed by atoms with Crippen molar-refractivity contribution < 1.29 is 9.53 Å². The van der Waals surface area contributed by atoms with Crippen LogP contribution in [0.15, 0.2) is 30.6 Å². The van der Waals surface area contributed by atoms with E-state index in [1.54, 1.807) is 6.20 Å². The lowest BCUT2D eigenvalue weighted by Gasteiger charge is -2.44. The predicted octanol–water partition coefficient (Wildman–Crippen LogP) is 2.72. The lowest BCUT2D eigenvalue weighted by molar-refractivity contribution is 0.0769. The molecule has 0 aromatic carbocycles. The molecule has 2 unspecified atom stereocenters. The Morgan fingerprint density at radius 2 is 2.42 bits per heavy atom. The lowest BCUT2D eigenvalue weighted by Crippen LogP contribution is -2.50. The number of carbonyl (C=O) groups excluding carboxylic acids is 1. The van der Waals surface area contributed by atoms with Gasteiger partial charge in [-0.1, -0.05) is 12.1 Å². The van der Waals surface area contributed by atoms with Crippen LogP contribution in [0.1, 0.15) is 25.3 Å². The molecule has 1 fully saturated rings. The summed E-state index contributed by atoms with van der Waals surface area (Å²) in [4.78, 5) is 18.1. The molecule has 0 spiro atoms. The molecule has 1 aromatic heterocycles. The van der Waals surface area contributed by atoms with E-state index in [0.717, 1.165) is 24.9 Å². The van der Waals surface area contributed by atoms with Crippen molar-refractivity contribution in [2.75, 3.05) is 13.2 Å². The lowest BCUT2D eigenvalue weighted by atomic mass is 9.79. The highest BCUT2D eigenvalue weighted by molar-refractivity contribution is 5.78. The number of pyridine rings is 1. The quantitative estimate of drug-likeness (QED) is 0.819. The van der Waals surface area contributed by atoms with Crippen molar-refractivity contribution in [2.45, 2.75) is 25.8 Å². The Labute approximate surface area is 113 Å². The van der Waals surface area contributed by atoms with E-state index in [1.165, 1.54) is 5.57 Å². The maximum absolute atomic E-state index is 12.0. The maximum atomic E-state index is 12.0. The number of fused-ring (bicyclic) bond motifs is 2. The molecule has 4 heteroatoms. The highest BCUT2D eigenvalue weighted by Gasteiger charge is 2.38. The summed E-state index contributed by atoms with van der Waals surface area (Å²) in [6.45, 7) is 3.06. The second-order valence-corrected chi connectivity index (χ2v) is 5.07. The third-order valence-corrected chi connectivity index (χ3v) is 3.89. The second kappa shape index (κ2) is 5.03. The molecule has 0 saturated carbocycles. The van der Waals surface area contributed by atoms with Crippen molar-refractivity contribution in [1.82, 2.24) is 9.88 Å². The van der Waals surface area contributed by atoms with E-state index >= 15 is 0 Å². The van der Waals surface area contributed by atoms with Crippen LogP contribution in [-0.2, 0) is 4.74 Å². The Morgan fingerprint density at radius 1 is 1.53 bits per heavy atom. The standard InChI is InChI=1S/C15H18N2O2/c1-2-19-15(18)17-10-11-5-6-14(17)13(8-11)12-4-3-7-16-9-12/h3-4,7-9,11,14H,2,5-6,10H2,1H3.